The van der Waals surface area contributed by atoms with Gasteiger partial charge in [0.25, 0.3) is 0 Å². The van der Waals surface area contributed by atoms with Crippen LogP contribution in [0.3, 0.4) is 0 Å². The molecular formula is C17H25N3O. The van der Waals surface area contributed by atoms with Gasteiger partial charge in [0.1, 0.15) is 0 Å². The van der Waals surface area contributed by atoms with Crippen molar-refractivity contribution >= 4 is 5.91 Å². The maximum Gasteiger partial charge on any atom is 0.227 e. The van der Waals surface area contributed by atoms with Gasteiger partial charge in [-0.1, -0.05) is 43.3 Å². The zero-order chi connectivity index (χ0) is 15.2. The number of hydrogen-bond donors (Lipinski definition) is 1. The molecule has 2 unspecified atom stereocenters. The van der Waals surface area contributed by atoms with Crippen LogP contribution in [0, 0.1) is 5.92 Å². The van der Waals surface area contributed by atoms with Crippen LogP contribution < -0.4 is 5.73 Å². The van der Waals surface area contributed by atoms with Crippen molar-refractivity contribution in [3.8, 4) is 0 Å². The first-order valence-electron chi connectivity index (χ1n) is 7.56. The molecule has 1 aliphatic rings. The summed E-state index contributed by atoms with van der Waals surface area (Å²) in [5.41, 5.74) is 7.27. The second-order valence-corrected chi connectivity index (χ2v) is 5.64. The summed E-state index contributed by atoms with van der Waals surface area (Å²) in [7, 11) is 0. The molecule has 1 fully saturated rings. The summed E-state index contributed by atoms with van der Waals surface area (Å²) in [6, 6.07) is 9.60. The molecule has 1 heterocycles. The first-order chi connectivity index (χ1) is 10.1. The lowest BCUT2D eigenvalue weighted by atomic mass is 9.94. The topological polar surface area (TPSA) is 49.6 Å². The smallest absolute Gasteiger partial charge is 0.227 e. The first kappa shape index (κ1) is 15.7. The Morgan fingerprint density at radius 1 is 1.29 bits per heavy atom. The number of nitrogens with two attached hydrogens (primary N) is 1. The number of rotatable bonds is 5. The van der Waals surface area contributed by atoms with Gasteiger partial charge in [-0.05, 0) is 5.56 Å². The monoisotopic (exact) mass is 287 g/mol. The van der Waals surface area contributed by atoms with Crippen molar-refractivity contribution in [2.45, 2.75) is 13.0 Å². The van der Waals surface area contributed by atoms with Gasteiger partial charge < -0.3 is 10.6 Å². The minimum atomic E-state index is -0.245. The van der Waals surface area contributed by atoms with Crippen LogP contribution in [0.25, 0.3) is 0 Å². The van der Waals surface area contributed by atoms with Gasteiger partial charge in [0.15, 0.2) is 0 Å². The van der Waals surface area contributed by atoms with Gasteiger partial charge in [0, 0.05) is 38.8 Å². The van der Waals surface area contributed by atoms with Gasteiger partial charge in [-0.2, -0.15) is 0 Å². The molecule has 21 heavy (non-hydrogen) atoms. The van der Waals surface area contributed by atoms with Crippen LogP contribution in [-0.2, 0) is 4.79 Å². The SMILES string of the molecule is C=CCN1CCN(C(=O)C(C)C(N)c2ccccc2)CC1. The Balaban J connectivity index is 1.92. The van der Waals surface area contributed by atoms with Gasteiger partial charge in [-0.25, -0.2) is 0 Å². The van der Waals surface area contributed by atoms with E-state index < -0.39 is 0 Å². The Bertz CT molecular complexity index is 466. The van der Waals surface area contributed by atoms with E-state index in [4.69, 9.17) is 5.73 Å². The number of amides is 1. The fraction of sp³-hybridized carbons (Fsp3) is 0.471. The summed E-state index contributed by atoms with van der Waals surface area (Å²) >= 11 is 0. The molecule has 0 spiro atoms. The minimum Gasteiger partial charge on any atom is -0.340 e. The van der Waals surface area contributed by atoms with E-state index >= 15 is 0 Å². The van der Waals surface area contributed by atoms with E-state index in [9.17, 15) is 4.79 Å². The lowest BCUT2D eigenvalue weighted by molar-refractivity contribution is -0.137. The van der Waals surface area contributed by atoms with Crippen LogP contribution in [0.5, 0.6) is 0 Å². The predicted octanol–water partition coefficient (Wildman–Crippen LogP) is 1.65. The number of carbonyl (C=O) groups is 1. The van der Waals surface area contributed by atoms with Gasteiger partial charge >= 0.3 is 0 Å². The Hall–Kier alpha value is -1.65. The van der Waals surface area contributed by atoms with Gasteiger partial charge in [-0.3, -0.25) is 9.69 Å². The van der Waals surface area contributed by atoms with Gasteiger partial charge in [0.2, 0.25) is 5.91 Å². The summed E-state index contributed by atoms with van der Waals surface area (Å²) in [6.45, 7) is 9.94. The molecule has 0 aromatic heterocycles. The molecule has 2 atom stereocenters. The Labute approximate surface area is 127 Å². The summed E-state index contributed by atoms with van der Waals surface area (Å²) in [4.78, 5) is 16.8. The number of nitrogens with zero attached hydrogens (tertiary/aromatic N) is 2. The number of carbonyl (C=O) groups excluding carboxylic acids is 1. The van der Waals surface area contributed by atoms with Crippen molar-refractivity contribution in [3.63, 3.8) is 0 Å². The molecule has 2 N–H and O–H groups in total. The van der Waals surface area contributed by atoms with Crippen molar-refractivity contribution < 1.29 is 4.79 Å². The van der Waals surface area contributed by atoms with Crippen molar-refractivity contribution in [2.24, 2.45) is 11.7 Å². The van der Waals surface area contributed by atoms with Crippen molar-refractivity contribution in [2.75, 3.05) is 32.7 Å². The van der Waals surface area contributed by atoms with E-state index in [0.717, 1.165) is 38.3 Å². The second kappa shape index (κ2) is 7.38. The average Bonchev–Trinajstić information content (AvgIpc) is 2.54. The molecule has 0 bridgehead atoms. The third kappa shape index (κ3) is 3.93. The van der Waals surface area contributed by atoms with Crippen LogP contribution in [0.15, 0.2) is 43.0 Å². The summed E-state index contributed by atoms with van der Waals surface area (Å²) in [5, 5.41) is 0. The highest BCUT2D eigenvalue weighted by Gasteiger charge is 2.28. The van der Waals surface area contributed by atoms with E-state index in [1.165, 1.54) is 0 Å². The number of piperazine rings is 1. The lowest BCUT2D eigenvalue weighted by Crippen LogP contribution is -2.51. The first-order valence-corrected chi connectivity index (χ1v) is 7.56. The van der Waals surface area contributed by atoms with Gasteiger partial charge in [0.05, 0.1) is 5.92 Å². The maximum absolute atomic E-state index is 12.6. The molecular weight excluding hydrogens is 262 g/mol. The molecule has 1 aromatic carbocycles. The third-order valence-corrected chi connectivity index (χ3v) is 4.18. The summed E-state index contributed by atoms with van der Waals surface area (Å²) in [5.74, 6) is -0.0389. The molecule has 4 nitrogen and oxygen atoms in total. The molecule has 1 aromatic rings. The zero-order valence-corrected chi connectivity index (χ0v) is 12.7. The standard InChI is InChI=1S/C17H25N3O/c1-3-9-19-10-12-20(13-11-19)17(21)14(2)16(18)15-7-5-4-6-8-15/h3-8,14,16H,1,9-13,18H2,2H3. The maximum atomic E-state index is 12.6. The molecule has 4 heteroatoms. The van der Waals surface area contributed by atoms with E-state index in [1.54, 1.807) is 0 Å². The van der Waals surface area contributed by atoms with E-state index in [0.29, 0.717) is 0 Å². The van der Waals surface area contributed by atoms with E-state index in [2.05, 4.69) is 11.5 Å². The van der Waals surface area contributed by atoms with Crippen LogP contribution in [0.2, 0.25) is 0 Å². The molecule has 1 amide bonds. The fourth-order valence-corrected chi connectivity index (χ4v) is 2.74. The quantitative estimate of drug-likeness (QED) is 0.838. The fourth-order valence-electron chi connectivity index (χ4n) is 2.74. The second-order valence-electron chi connectivity index (χ2n) is 5.64. The van der Waals surface area contributed by atoms with Crippen LogP contribution in [-0.4, -0.2) is 48.4 Å². The highest BCUT2D eigenvalue weighted by Crippen LogP contribution is 2.21. The largest absolute Gasteiger partial charge is 0.340 e. The van der Waals surface area contributed by atoms with E-state index in [-0.39, 0.29) is 17.9 Å². The average molecular weight is 287 g/mol. The molecule has 0 saturated carbocycles. The Kier molecular flexibility index (Phi) is 5.53. The Morgan fingerprint density at radius 3 is 2.48 bits per heavy atom. The zero-order valence-electron chi connectivity index (χ0n) is 12.7. The summed E-state index contributed by atoms with van der Waals surface area (Å²) in [6.07, 6.45) is 1.91. The van der Waals surface area contributed by atoms with Crippen LogP contribution in [0.1, 0.15) is 18.5 Å². The molecule has 2 rings (SSSR count). The molecule has 114 valence electrons. The van der Waals surface area contributed by atoms with Gasteiger partial charge in [-0.15, -0.1) is 6.58 Å². The minimum absolute atomic E-state index is 0.157. The number of hydrogen-bond acceptors (Lipinski definition) is 3. The third-order valence-electron chi connectivity index (χ3n) is 4.18. The number of benzene rings is 1. The van der Waals surface area contributed by atoms with Crippen LogP contribution in [0.4, 0.5) is 0 Å². The Morgan fingerprint density at radius 2 is 1.90 bits per heavy atom. The molecule has 0 aliphatic carbocycles. The predicted molar refractivity (Wildman–Crippen MR) is 85.8 cm³/mol. The highest BCUT2D eigenvalue weighted by molar-refractivity contribution is 5.79. The van der Waals surface area contributed by atoms with Crippen molar-refractivity contribution in [1.82, 2.24) is 9.80 Å². The highest BCUT2D eigenvalue weighted by atomic mass is 16.2. The molecule has 1 aliphatic heterocycles. The lowest BCUT2D eigenvalue weighted by Gasteiger charge is -2.36. The molecule has 0 radical (unpaired) electrons. The summed E-state index contributed by atoms with van der Waals surface area (Å²) < 4.78 is 0. The molecule has 1 saturated heterocycles. The van der Waals surface area contributed by atoms with Crippen molar-refractivity contribution in [3.05, 3.63) is 48.6 Å². The van der Waals surface area contributed by atoms with Crippen molar-refractivity contribution in [1.29, 1.82) is 0 Å². The normalized spacial score (nSPS) is 19.0. The van der Waals surface area contributed by atoms with Crippen LogP contribution >= 0.6 is 0 Å². The van der Waals surface area contributed by atoms with E-state index in [1.807, 2.05) is 48.2 Å².